The SMILES string of the molecule is CC(C)(Sc1cc(C(C)(C)C)c(OCOc2ccccc2)c(C(C)(C)C)c1)Sc1cc(C(C)(C)C)c(OCOc2ccccc2)c(C(C)(C)CCOS(C)(=O)=O)c1. The highest BCUT2D eigenvalue weighted by molar-refractivity contribution is 8.18. The first-order valence-electron chi connectivity index (χ1n) is 19.5. The van der Waals surface area contributed by atoms with Crippen molar-refractivity contribution < 1.29 is 31.5 Å². The van der Waals surface area contributed by atoms with Crippen molar-refractivity contribution in [1.82, 2.24) is 0 Å². The molecule has 0 saturated carbocycles. The molecular weight excluding hydrogens is 773 g/mol. The molecule has 0 aliphatic carbocycles. The fourth-order valence-corrected chi connectivity index (χ4v) is 9.30. The van der Waals surface area contributed by atoms with Crippen molar-refractivity contribution in [3.05, 3.63) is 107 Å². The summed E-state index contributed by atoms with van der Waals surface area (Å²) in [6.07, 6.45) is 1.54. The van der Waals surface area contributed by atoms with E-state index in [2.05, 4.69) is 114 Å². The van der Waals surface area contributed by atoms with Crippen molar-refractivity contribution in [2.24, 2.45) is 0 Å². The molecule has 0 spiro atoms. The van der Waals surface area contributed by atoms with E-state index in [-0.39, 0.29) is 40.5 Å². The minimum Gasteiger partial charge on any atom is -0.458 e. The summed E-state index contributed by atoms with van der Waals surface area (Å²) in [5.41, 5.74) is 3.08. The van der Waals surface area contributed by atoms with Crippen molar-refractivity contribution >= 4 is 33.6 Å². The van der Waals surface area contributed by atoms with Gasteiger partial charge in [0.05, 0.1) is 16.9 Å². The second-order valence-electron chi connectivity index (χ2n) is 18.6. The van der Waals surface area contributed by atoms with Crippen LogP contribution in [0.2, 0.25) is 0 Å². The van der Waals surface area contributed by atoms with Gasteiger partial charge in [-0.1, -0.05) is 113 Å². The lowest BCUT2D eigenvalue weighted by atomic mass is 9.77. The van der Waals surface area contributed by atoms with E-state index in [1.165, 1.54) is 0 Å². The van der Waals surface area contributed by atoms with E-state index < -0.39 is 15.5 Å². The predicted molar refractivity (Wildman–Crippen MR) is 238 cm³/mol. The van der Waals surface area contributed by atoms with E-state index in [0.717, 1.165) is 55.5 Å². The Bertz CT molecular complexity index is 2000. The molecule has 312 valence electrons. The molecule has 4 rings (SSSR count). The van der Waals surface area contributed by atoms with Crippen molar-refractivity contribution in [3.63, 3.8) is 0 Å². The molecular formula is C47H64O7S3. The third-order valence-electron chi connectivity index (χ3n) is 9.37. The van der Waals surface area contributed by atoms with Crippen molar-refractivity contribution in [2.45, 2.75) is 132 Å². The monoisotopic (exact) mass is 836 g/mol. The Balaban J connectivity index is 1.74. The summed E-state index contributed by atoms with van der Waals surface area (Å²) in [4.78, 5) is 2.25. The van der Waals surface area contributed by atoms with Gasteiger partial charge in [0.25, 0.3) is 10.1 Å². The minimum atomic E-state index is -3.59. The molecule has 57 heavy (non-hydrogen) atoms. The number of ether oxygens (including phenoxy) is 4. The summed E-state index contributed by atoms with van der Waals surface area (Å²) in [7, 11) is -3.59. The fourth-order valence-electron chi connectivity index (χ4n) is 6.33. The minimum absolute atomic E-state index is 0.0220. The van der Waals surface area contributed by atoms with E-state index in [1.54, 1.807) is 11.8 Å². The first-order valence-corrected chi connectivity index (χ1v) is 22.9. The zero-order valence-corrected chi connectivity index (χ0v) is 38.9. The fraction of sp³-hybridized carbons (Fsp3) is 0.489. The molecule has 0 fully saturated rings. The Kier molecular flexibility index (Phi) is 14.9. The number of benzene rings is 4. The first-order chi connectivity index (χ1) is 26.3. The van der Waals surface area contributed by atoms with Gasteiger partial charge in [0.15, 0.2) is 0 Å². The van der Waals surface area contributed by atoms with Crippen LogP contribution in [0.5, 0.6) is 23.0 Å². The number of rotatable bonds is 17. The van der Waals surface area contributed by atoms with Gasteiger partial charge in [-0.25, -0.2) is 0 Å². The molecule has 0 amide bonds. The van der Waals surface area contributed by atoms with Crippen LogP contribution in [0.4, 0.5) is 0 Å². The lowest BCUT2D eigenvalue weighted by Gasteiger charge is -2.34. The molecule has 0 heterocycles. The van der Waals surface area contributed by atoms with E-state index >= 15 is 0 Å². The molecule has 7 nitrogen and oxygen atoms in total. The average molecular weight is 837 g/mol. The molecule has 0 radical (unpaired) electrons. The van der Waals surface area contributed by atoms with Crippen LogP contribution in [-0.4, -0.2) is 38.9 Å². The van der Waals surface area contributed by atoms with Gasteiger partial charge in [0.2, 0.25) is 13.6 Å². The third-order valence-corrected chi connectivity index (χ3v) is 12.4. The Morgan fingerprint density at radius 3 is 1.21 bits per heavy atom. The van der Waals surface area contributed by atoms with Gasteiger partial charge in [-0.2, -0.15) is 8.42 Å². The van der Waals surface area contributed by atoms with Gasteiger partial charge < -0.3 is 18.9 Å². The van der Waals surface area contributed by atoms with Gasteiger partial charge in [0.1, 0.15) is 23.0 Å². The van der Waals surface area contributed by atoms with Crippen LogP contribution in [0.25, 0.3) is 0 Å². The molecule has 4 aromatic carbocycles. The molecule has 4 aromatic rings. The molecule has 0 N–H and O–H groups in total. The topological polar surface area (TPSA) is 80.3 Å². The van der Waals surface area contributed by atoms with Crippen LogP contribution in [0.3, 0.4) is 0 Å². The van der Waals surface area contributed by atoms with Crippen LogP contribution in [0.15, 0.2) is 94.7 Å². The van der Waals surface area contributed by atoms with E-state index in [9.17, 15) is 8.42 Å². The molecule has 0 aliphatic rings. The predicted octanol–water partition coefficient (Wildman–Crippen LogP) is 12.7. The molecule has 0 atom stereocenters. The van der Waals surface area contributed by atoms with Crippen LogP contribution >= 0.6 is 23.5 Å². The summed E-state index contributed by atoms with van der Waals surface area (Å²) in [5.74, 6) is 3.09. The van der Waals surface area contributed by atoms with Gasteiger partial charge in [0, 0.05) is 32.0 Å². The maximum absolute atomic E-state index is 11.9. The summed E-state index contributed by atoms with van der Waals surface area (Å²) in [6, 6.07) is 28.3. The molecule has 0 aromatic heterocycles. The standard InChI is InChI=1S/C47H64O7S3/c1-43(2,3)37-27-35(28-38(44(4,5)6)41(37)52-31-50-33-21-17-15-18-22-33)55-47(12,13)56-36-29-39(45(7,8)9)42(53-32-51-34-23-19-16-20-24-34)40(30-36)46(10,11)25-26-54-57(14,48)49/h15-24,27-30H,25-26,31-32H2,1-14H3. The van der Waals surface area contributed by atoms with Crippen molar-refractivity contribution in [1.29, 1.82) is 0 Å². The van der Waals surface area contributed by atoms with Crippen molar-refractivity contribution in [2.75, 3.05) is 26.4 Å². The van der Waals surface area contributed by atoms with Gasteiger partial charge in [-0.15, -0.1) is 23.5 Å². The molecule has 0 unspecified atom stereocenters. The summed E-state index contributed by atoms with van der Waals surface area (Å²) < 4.78 is 53.9. The lowest BCUT2D eigenvalue weighted by molar-refractivity contribution is 0.114. The van der Waals surface area contributed by atoms with Crippen molar-refractivity contribution in [3.8, 4) is 23.0 Å². The summed E-state index contributed by atoms with van der Waals surface area (Å²) in [6.45, 7) is 28.8. The molecule has 0 aliphatic heterocycles. The maximum atomic E-state index is 11.9. The zero-order valence-electron chi connectivity index (χ0n) is 36.5. The van der Waals surface area contributed by atoms with Crippen LogP contribution in [0.1, 0.15) is 119 Å². The largest absolute Gasteiger partial charge is 0.458 e. The van der Waals surface area contributed by atoms with Gasteiger partial charge in [-0.05, 0) is 90.5 Å². The zero-order chi connectivity index (χ0) is 42.5. The second kappa shape index (κ2) is 18.3. The Morgan fingerprint density at radius 2 is 0.860 bits per heavy atom. The molecule has 0 bridgehead atoms. The Morgan fingerprint density at radius 1 is 0.509 bits per heavy atom. The number of hydrogen-bond donors (Lipinski definition) is 0. The second-order valence-corrected chi connectivity index (χ2v) is 23.9. The first kappa shape index (κ1) is 46.4. The van der Waals surface area contributed by atoms with Gasteiger partial charge >= 0.3 is 0 Å². The molecule has 0 saturated heterocycles. The summed E-state index contributed by atoms with van der Waals surface area (Å²) in [5, 5.41) is 0. The summed E-state index contributed by atoms with van der Waals surface area (Å²) >= 11 is 3.63. The van der Waals surface area contributed by atoms with Gasteiger partial charge in [-0.3, -0.25) is 4.18 Å². The van der Waals surface area contributed by atoms with Crippen LogP contribution in [-0.2, 0) is 36.0 Å². The number of hydrogen-bond acceptors (Lipinski definition) is 9. The Hall–Kier alpha value is -3.31. The normalized spacial score (nSPS) is 13.0. The highest BCUT2D eigenvalue weighted by Crippen LogP contribution is 2.51. The van der Waals surface area contributed by atoms with Crippen LogP contribution in [0, 0.1) is 0 Å². The molecule has 10 heteroatoms. The van der Waals surface area contributed by atoms with E-state index in [0.29, 0.717) is 12.2 Å². The third kappa shape index (κ3) is 13.9. The average Bonchev–Trinajstić information content (AvgIpc) is 3.07. The van der Waals surface area contributed by atoms with E-state index in [4.69, 9.17) is 23.1 Å². The number of para-hydroxylation sites is 2. The smallest absolute Gasteiger partial charge is 0.264 e. The maximum Gasteiger partial charge on any atom is 0.264 e. The Labute approximate surface area is 352 Å². The number of thioether (sulfide) groups is 2. The lowest BCUT2D eigenvalue weighted by Crippen LogP contribution is -2.25. The highest BCUT2D eigenvalue weighted by atomic mass is 32.2. The highest BCUT2D eigenvalue weighted by Gasteiger charge is 2.34. The van der Waals surface area contributed by atoms with E-state index in [1.807, 2.05) is 72.4 Å². The quantitative estimate of drug-likeness (QED) is 0.0587. The van der Waals surface area contributed by atoms with Crippen LogP contribution < -0.4 is 18.9 Å².